The van der Waals surface area contributed by atoms with E-state index in [2.05, 4.69) is 17.5 Å². The number of carbonyl (C=O) groups is 1. The molecule has 1 N–H and O–H groups in total. The van der Waals surface area contributed by atoms with Crippen molar-refractivity contribution in [2.75, 3.05) is 0 Å². The molecule has 1 rings (SSSR count). The fourth-order valence-electron chi connectivity index (χ4n) is 0.821. The van der Waals surface area contributed by atoms with Gasteiger partial charge in [0.05, 0.1) is 6.42 Å². The second-order valence-electron chi connectivity index (χ2n) is 2.20. The largest absolute Gasteiger partial charge is 0.302 e. The van der Waals surface area contributed by atoms with Crippen LogP contribution in [0, 0.1) is 0 Å². The molecule has 0 heterocycles. The van der Waals surface area contributed by atoms with Gasteiger partial charge in [-0.15, -0.1) is 0 Å². The maximum atomic E-state index is 10.8. The van der Waals surface area contributed by atoms with Crippen LogP contribution >= 0.6 is 12.8 Å². The summed E-state index contributed by atoms with van der Waals surface area (Å²) in [5, 5.41) is 0. The second kappa shape index (κ2) is 4.03. The Morgan fingerprint density at radius 2 is 2.00 bits per heavy atom. The van der Waals surface area contributed by atoms with Gasteiger partial charge < -0.3 is 4.72 Å². The molecule has 1 aromatic rings. The van der Waals surface area contributed by atoms with E-state index in [0.717, 1.165) is 5.56 Å². The van der Waals surface area contributed by atoms with Crippen LogP contribution in [0.4, 0.5) is 0 Å². The maximum absolute atomic E-state index is 10.8. The van der Waals surface area contributed by atoms with Crippen molar-refractivity contribution >= 4 is 18.7 Å². The number of rotatable bonds is 2. The lowest BCUT2D eigenvalue weighted by Crippen LogP contribution is -2.14. The minimum atomic E-state index is -0.0838. The highest BCUT2D eigenvalue weighted by Crippen LogP contribution is 1.98. The van der Waals surface area contributed by atoms with Crippen LogP contribution in [-0.4, -0.2) is 5.91 Å². The second-order valence-corrected chi connectivity index (χ2v) is 2.42. The van der Waals surface area contributed by atoms with Crippen LogP contribution in [0.15, 0.2) is 30.3 Å². The average molecular weight is 167 g/mol. The summed E-state index contributed by atoms with van der Waals surface area (Å²) in [6.45, 7) is 0. The predicted octanol–water partition coefficient (Wildman–Crippen LogP) is 1.19. The Kier molecular flexibility index (Phi) is 2.98. The molecule has 0 saturated heterocycles. The SMILES string of the molecule is O=C(Cc1ccccc1)NS. The summed E-state index contributed by atoms with van der Waals surface area (Å²) in [6, 6.07) is 9.54. The highest BCUT2D eigenvalue weighted by molar-refractivity contribution is 7.78. The summed E-state index contributed by atoms with van der Waals surface area (Å²) in [6.07, 6.45) is 0.393. The van der Waals surface area contributed by atoms with Gasteiger partial charge in [-0.3, -0.25) is 4.79 Å². The smallest absolute Gasteiger partial charge is 0.234 e. The first kappa shape index (κ1) is 8.14. The molecular formula is C8H9NOS. The third-order valence-electron chi connectivity index (χ3n) is 1.33. The van der Waals surface area contributed by atoms with Gasteiger partial charge in [-0.05, 0) is 5.56 Å². The van der Waals surface area contributed by atoms with Crippen LogP contribution in [0.1, 0.15) is 5.56 Å². The van der Waals surface area contributed by atoms with Crippen LogP contribution in [0.2, 0.25) is 0 Å². The standard InChI is InChI=1S/C8H9NOS/c10-8(9-11)6-7-4-2-1-3-5-7/h1-5,11H,6H2,(H,9,10). The molecule has 0 spiro atoms. The fraction of sp³-hybridized carbons (Fsp3) is 0.125. The molecule has 0 fully saturated rings. The summed E-state index contributed by atoms with van der Waals surface area (Å²) < 4.78 is 2.27. The fourth-order valence-corrected chi connectivity index (χ4v) is 0.900. The van der Waals surface area contributed by atoms with E-state index in [9.17, 15) is 4.79 Å². The molecule has 2 nitrogen and oxygen atoms in total. The number of nitrogens with one attached hydrogen (secondary N) is 1. The minimum Gasteiger partial charge on any atom is -0.302 e. The summed E-state index contributed by atoms with van der Waals surface area (Å²) in [4.78, 5) is 10.8. The predicted molar refractivity (Wildman–Crippen MR) is 47.3 cm³/mol. The maximum Gasteiger partial charge on any atom is 0.234 e. The van der Waals surface area contributed by atoms with Gasteiger partial charge in [0.1, 0.15) is 0 Å². The number of benzene rings is 1. The van der Waals surface area contributed by atoms with Crippen LogP contribution < -0.4 is 4.72 Å². The Labute approximate surface area is 71.2 Å². The van der Waals surface area contributed by atoms with Gasteiger partial charge >= 0.3 is 0 Å². The zero-order valence-corrected chi connectivity index (χ0v) is 6.84. The quantitative estimate of drug-likeness (QED) is 0.636. The lowest BCUT2D eigenvalue weighted by atomic mass is 10.1. The third-order valence-corrected chi connectivity index (χ3v) is 1.58. The van der Waals surface area contributed by atoms with E-state index >= 15 is 0 Å². The van der Waals surface area contributed by atoms with Crippen LogP contribution in [0.3, 0.4) is 0 Å². The molecule has 0 aliphatic heterocycles. The molecule has 0 aliphatic carbocycles. The van der Waals surface area contributed by atoms with Gasteiger partial charge in [0.2, 0.25) is 5.91 Å². The molecule has 11 heavy (non-hydrogen) atoms. The van der Waals surface area contributed by atoms with E-state index in [0.29, 0.717) is 6.42 Å². The molecule has 3 heteroatoms. The zero-order chi connectivity index (χ0) is 8.10. The van der Waals surface area contributed by atoms with Crippen molar-refractivity contribution in [1.82, 2.24) is 4.72 Å². The van der Waals surface area contributed by atoms with Crippen molar-refractivity contribution in [2.24, 2.45) is 0 Å². The van der Waals surface area contributed by atoms with Crippen molar-refractivity contribution in [3.8, 4) is 0 Å². The van der Waals surface area contributed by atoms with Crippen molar-refractivity contribution < 1.29 is 4.79 Å². The summed E-state index contributed by atoms with van der Waals surface area (Å²) in [5.41, 5.74) is 0.999. The van der Waals surface area contributed by atoms with E-state index in [1.807, 2.05) is 30.3 Å². The van der Waals surface area contributed by atoms with Gasteiger partial charge in [0, 0.05) is 0 Å². The first-order chi connectivity index (χ1) is 5.33. The monoisotopic (exact) mass is 167 g/mol. The molecule has 0 unspecified atom stereocenters. The number of hydrogen-bond donors (Lipinski definition) is 2. The molecular weight excluding hydrogens is 158 g/mol. The Balaban J connectivity index is 2.58. The first-order valence-corrected chi connectivity index (χ1v) is 3.74. The Hall–Kier alpha value is -0.960. The number of carbonyl (C=O) groups excluding carboxylic acids is 1. The molecule has 58 valence electrons. The van der Waals surface area contributed by atoms with E-state index in [-0.39, 0.29) is 5.91 Å². The minimum absolute atomic E-state index is 0.0838. The van der Waals surface area contributed by atoms with Crippen molar-refractivity contribution in [2.45, 2.75) is 6.42 Å². The van der Waals surface area contributed by atoms with Gasteiger partial charge in [-0.2, -0.15) is 0 Å². The van der Waals surface area contributed by atoms with E-state index in [1.165, 1.54) is 0 Å². The molecule has 0 aliphatic rings. The van der Waals surface area contributed by atoms with Gasteiger partial charge in [0.25, 0.3) is 0 Å². The molecule has 0 saturated carbocycles. The van der Waals surface area contributed by atoms with E-state index in [4.69, 9.17) is 0 Å². The number of hydrogen-bond acceptors (Lipinski definition) is 2. The molecule has 1 amide bonds. The lowest BCUT2D eigenvalue weighted by Gasteiger charge is -1.97. The van der Waals surface area contributed by atoms with Crippen molar-refractivity contribution in [3.05, 3.63) is 35.9 Å². The highest BCUT2D eigenvalue weighted by Gasteiger charge is 1.98. The molecule has 0 bridgehead atoms. The van der Waals surface area contributed by atoms with Gasteiger partial charge in [-0.25, -0.2) is 0 Å². The molecule has 0 radical (unpaired) electrons. The Bertz CT molecular complexity index is 235. The summed E-state index contributed by atoms with van der Waals surface area (Å²) in [7, 11) is 0. The van der Waals surface area contributed by atoms with Crippen LogP contribution in [-0.2, 0) is 11.2 Å². The van der Waals surface area contributed by atoms with Gasteiger partial charge in [0.15, 0.2) is 0 Å². The summed E-state index contributed by atoms with van der Waals surface area (Å²) >= 11 is 3.65. The average Bonchev–Trinajstić information content (AvgIpc) is 2.06. The topological polar surface area (TPSA) is 29.1 Å². The van der Waals surface area contributed by atoms with Crippen molar-refractivity contribution in [1.29, 1.82) is 0 Å². The number of thiol groups is 1. The van der Waals surface area contributed by atoms with E-state index in [1.54, 1.807) is 0 Å². The molecule has 1 aromatic carbocycles. The summed E-state index contributed by atoms with van der Waals surface area (Å²) in [5.74, 6) is -0.0838. The Morgan fingerprint density at radius 3 is 2.55 bits per heavy atom. The van der Waals surface area contributed by atoms with E-state index < -0.39 is 0 Å². The molecule has 0 atom stereocenters. The van der Waals surface area contributed by atoms with Gasteiger partial charge in [-0.1, -0.05) is 43.1 Å². The van der Waals surface area contributed by atoms with Crippen LogP contribution in [0.5, 0.6) is 0 Å². The molecule has 0 aromatic heterocycles. The Morgan fingerprint density at radius 1 is 1.36 bits per heavy atom. The third kappa shape index (κ3) is 2.63. The lowest BCUT2D eigenvalue weighted by molar-refractivity contribution is -0.118. The zero-order valence-electron chi connectivity index (χ0n) is 5.95. The highest BCUT2D eigenvalue weighted by atomic mass is 32.1. The number of amides is 1. The van der Waals surface area contributed by atoms with Crippen molar-refractivity contribution in [3.63, 3.8) is 0 Å². The first-order valence-electron chi connectivity index (χ1n) is 3.30. The normalized spacial score (nSPS) is 9.18. The van der Waals surface area contributed by atoms with Crippen LogP contribution in [0.25, 0.3) is 0 Å².